The van der Waals surface area contributed by atoms with Gasteiger partial charge in [0.25, 0.3) is 5.91 Å². The maximum Gasteiger partial charge on any atom is 0.263 e. The molecule has 0 atom stereocenters. The van der Waals surface area contributed by atoms with Gasteiger partial charge in [-0.2, -0.15) is 0 Å². The van der Waals surface area contributed by atoms with Gasteiger partial charge in [0.05, 0.1) is 0 Å². The van der Waals surface area contributed by atoms with Gasteiger partial charge in [0.15, 0.2) is 6.61 Å². The third-order valence-corrected chi connectivity index (χ3v) is 5.74. The number of hydrogen-bond donors (Lipinski definition) is 1. The van der Waals surface area contributed by atoms with Gasteiger partial charge in [0.1, 0.15) is 22.9 Å². The molecule has 0 aliphatic carbocycles. The van der Waals surface area contributed by atoms with Crippen molar-refractivity contribution >= 4 is 29.0 Å². The van der Waals surface area contributed by atoms with Crippen molar-refractivity contribution in [2.75, 3.05) is 23.4 Å². The van der Waals surface area contributed by atoms with Gasteiger partial charge in [-0.05, 0) is 49.2 Å². The number of rotatable bonds is 6. The van der Waals surface area contributed by atoms with Crippen LogP contribution in [-0.2, 0) is 9.59 Å². The zero-order chi connectivity index (χ0) is 22.8. The molecule has 0 spiro atoms. The first-order valence-electron chi connectivity index (χ1n) is 11.0. The van der Waals surface area contributed by atoms with E-state index in [9.17, 15) is 9.59 Å². The Labute approximate surface area is 191 Å². The Morgan fingerprint density at radius 3 is 2.58 bits per heavy atom. The number of hydrogen-bond acceptors (Lipinski definition) is 4. The largest absolute Gasteiger partial charge is 0.484 e. The Hall–Kier alpha value is -4.13. The van der Waals surface area contributed by atoms with E-state index in [1.54, 1.807) is 17.0 Å². The summed E-state index contributed by atoms with van der Waals surface area (Å²) in [5, 5.41) is 2.98. The van der Waals surface area contributed by atoms with Crippen LogP contribution >= 0.6 is 0 Å². The quantitative estimate of drug-likeness (QED) is 0.481. The minimum Gasteiger partial charge on any atom is -0.484 e. The van der Waals surface area contributed by atoms with Crippen molar-refractivity contribution < 1.29 is 14.3 Å². The average molecular weight is 441 g/mol. The number of benzene rings is 2. The Bertz CT molecular complexity index is 1310. The van der Waals surface area contributed by atoms with Crippen molar-refractivity contribution in [3.63, 3.8) is 0 Å². The Morgan fingerprint density at radius 1 is 1.06 bits per heavy atom. The number of fused-ring (bicyclic) bond motifs is 1. The number of aromatic nitrogens is 2. The molecule has 7 nitrogen and oxygen atoms in total. The maximum absolute atomic E-state index is 12.8. The van der Waals surface area contributed by atoms with E-state index in [0.29, 0.717) is 23.7 Å². The number of carbonyl (C=O) groups excluding carboxylic acids is 2. The second-order valence-corrected chi connectivity index (χ2v) is 8.04. The SMILES string of the molecule is Cc1cccn2c(NC(=O)COc3ccc(N4CCCC4=O)cc3)c(-c3ccccc3)nc12. The Balaban J connectivity index is 1.32. The number of anilines is 2. The molecule has 4 aromatic rings. The first-order chi connectivity index (χ1) is 16.1. The van der Waals surface area contributed by atoms with Crippen LogP contribution in [-0.4, -0.2) is 34.4 Å². The van der Waals surface area contributed by atoms with E-state index >= 15 is 0 Å². The third-order valence-electron chi connectivity index (χ3n) is 5.74. The average Bonchev–Trinajstić information content (AvgIpc) is 3.43. The van der Waals surface area contributed by atoms with Crippen LogP contribution < -0.4 is 15.0 Å². The van der Waals surface area contributed by atoms with E-state index in [2.05, 4.69) is 5.32 Å². The van der Waals surface area contributed by atoms with Gasteiger partial charge in [-0.25, -0.2) is 4.98 Å². The molecule has 0 unspecified atom stereocenters. The monoisotopic (exact) mass is 440 g/mol. The van der Waals surface area contributed by atoms with Crippen LogP contribution in [0, 0.1) is 6.92 Å². The van der Waals surface area contributed by atoms with Crippen LogP contribution in [0.4, 0.5) is 11.5 Å². The molecule has 2 amide bonds. The summed E-state index contributed by atoms with van der Waals surface area (Å²) < 4.78 is 7.58. The predicted molar refractivity (Wildman–Crippen MR) is 128 cm³/mol. The van der Waals surface area contributed by atoms with Crippen LogP contribution in [0.25, 0.3) is 16.9 Å². The lowest BCUT2D eigenvalue weighted by Gasteiger charge is -2.16. The van der Waals surface area contributed by atoms with Crippen molar-refractivity contribution in [1.29, 1.82) is 0 Å². The molecule has 7 heteroatoms. The minimum atomic E-state index is -0.283. The molecule has 5 rings (SSSR count). The van der Waals surface area contributed by atoms with Gasteiger partial charge in [-0.15, -0.1) is 0 Å². The highest BCUT2D eigenvalue weighted by Gasteiger charge is 2.21. The standard InChI is InChI=1S/C26H24N4O3/c1-18-7-5-16-30-25(18)28-24(19-8-3-2-4-9-19)26(30)27-22(31)17-33-21-13-11-20(12-14-21)29-15-6-10-23(29)32/h2-5,7-9,11-14,16H,6,10,15,17H2,1H3,(H,27,31). The molecule has 1 fully saturated rings. The lowest BCUT2D eigenvalue weighted by atomic mass is 10.1. The first-order valence-corrected chi connectivity index (χ1v) is 11.0. The molecule has 3 heterocycles. The zero-order valence-electron chi connectivity index (χ0n) is 18.3. The minimum absolute atomic E-state index is 0.139. The number of carbonyl (C=O) groups is 2. The fraction of sp³-hybridized carbons (Fsp3) is 0.192. The van der Waals surface area contributed by atoms with E-state index in [1.807, 2.05) is 72.1 Å². The number of pyridine rings is 1. The topological polar surface area (TPSA) is 75.9 Å². The number of nitrogens with zero attached hydrogens (tertiary/aromatic N) is 3. The maximum atomic E-state index is 12.8. The molecule has 0 saturated carbocycles. The molecule has 1 aliphatic rings. The summed E-state index contributed by atoms with van der Waals surface area (Å²) in [5.74, 6) is 1.03. The van der Waals surface area contributed by atoms with Crippen LogP contribution in [0.3, 0.4) is 0 Å². The van der Waals surface area contributed by atoms with Crippen molar-refractivity contribution in [1.82, 2.24) is 9.38 Å². The van der Waals surface area contributed by atoms with Crippen LogP contribution in [0.15, 0.2) is 72.9 Å². The van der Waals surface area contributed by atoms with Crippen molar-refractivity contribution in [3.05, 3.63) is 78.5 Å². The van der Waals surface area contributed by atoms with E-state index < -0.39 is 0 Å². The van der Waals surface area contributed by atoms with Gasteiger partial charge >= 0.3 is 0 Å². The summed E-state index contributed by atoms with van der Waals surface area (Å²) in [6.07, 6.45) is 3.35. The number of amides is 2. The molecule has 0 radical (unpaired) electrons. The third kappa shape index (κ3) is 4.17. The van der Waals surface area contributed by atoms with E-state index in [0.717, 1.165) is 35.4 Å². The highest BCUT2D eigenvalue weighted by Crippen LogP contribution is 2.30. The van der Waals surface area contributed by atoms with Crippen molar-refractivity contribution in [2.24, 2.45) is 0 Å². The number of nitrogens with one attached hydrogen (secondary N) is 1. The molecule has 2 aromatic heterocycles. The normalized spacial score (nSPS) is 13.5. The summed E-state index contributed by atoms with van der Waals surface area (Å²) in [7, 11) is 0. The molecule has 33 heavy (non-hydrogen) atoms. The van der Waals surface area contributed by atoms with Crippen molar-refractivity contribution in [2.45, 2.75) is 19.8 Å². The summed E-state index contributed by atoms with van der Waals surface area (Å²) in [6, 6.07) is 20.9. The summed E-state index contributed by atoms with van der Waals surface area (Å²) in [4.78, 5) is 31.2. The number of aryl methyl sites for hydroxylation is 1. The fourth-order valence-electron chi connectivity index (χ4n) is 4.08. The van der Waals surface area contributed by atoms with Crippen LogP contribution in [0.1, 0.15) is 18.4 Å². The molecule has 1 saturated heterocycles. The van der Waals surface area contributed by atoms with Crippen molar-refractivity contribution in [3.8, 4) is 17.0 Å². The lowest BCUT2D eigenvalue weighted by Crippen LogP contribution is -2.23. The highest BCUT2D eigenvalue weighted by molar-refractivity contribution is 5.96. The second-order valence-electron chi connectivity index (χ2n) is 8.04. The summed E-state index contributed by atoms with van der Waals surface area (Å²) in [5.41, 5.74) is 4.28. The fourth-order valence-corrected chi connectivity index (χ4v) is 4.08. The first kappa shape index (κ1) is 20.8. The number of imidazole rings is 1. The molecule has 1 N–H and O–H groups in total. The smallest absolute Gasteiger partial charge is 0.263 e. The van der Waals surface area contributed by atoms with Gasteiger partial charge in [-0.3, -0.25) is 14.0 Å². The molecule has 1 aliphatic heterocycles. The lowest BCUT2D eigenvalue weighted by molar-refractivity contribution is -0.118. The summed E-state index contributed by atoms with van der Waals surface area (Å²) >= 11 is 0. The number of ether oxygens (including phenoxy) is 1. The summed E-state index contributed by atoms with van der Waals surface area (Å²) in [6.45, 7) is 2.59. The second kappa shape index (κ2) is 8.78. The molecular weight excluding hydrogens is 416 g/mol. The van der Waals surface area contributed by atoms with E-state index in [4.69, 9.17) is 9.72 Å². The molecule has 166 valence electrons. The van der Waals surface area contributed by atoms with Crippen LogP contribution in [0.5, 0.6) is 5.75 Å². The Kier molecular flexibility index (Phi) is 5.52. The van der Waals surface area contributed by atoms with E-state index in [1.165, 1.54) is 0 Å². The Morgan fingerprint density at radius 2 is 1.85 bits per heavy atom. The van der Waals surface area contributed by atoms with E-state index in [-0.39, 0.29) is 18.4 Å². The van der Waals surface area contributed by atoms with Gasteiger partial charge in [0, 0.05) is 30.4 Å². The zero-order valence-corrected chi connectivity index (χ0v) is 18.3. The predicted octanol–water partition coefficient (Wildman–Crippen LogP) is 4.45. The molecule has 0 bridgehead atoms. The highest BCUT2D eigenvalue weighted by atomic mass is 16.5. The molecule has 2 aromatic carbocycles. The van der Waals surface area contributed by atoms with Crippen LogP contribution in [0.2, 0.25) is 0 Å². The van der Waals surface area contributed by atoms with Gasteiger partial charge < -0.3 is 15.0 Å². The molecular formula is C26H24N4O3. The van der Waals surface area contributed by atoms with Gasteiger partial charge in [-0.1, -0.05) is 36.4 Å². The van der Waals surface area contributed by atoms with Gasteiger partial charge in [0.2, 0.25) is 5.91 Å².